The van der Waals surface area contributed by atoms with Crippen LogP contribution >= 0.6 is 0 Å². The normalized spacial score (nSPS) is 16.2. The quantitative estimate of drug-likeness (QED) is 0.0447. The Morgan fingerprint density at radius 1 is 0.785 bits per heavy atom. The second-order valence-corrected chi connectivity index (χ2v) is 19.6. The molecule has 0 unspecified atom stereocenters. The van der Waals surface area contributed by atoms with E-state index in [-0.39, 0.29) is 21.5 Å². The maximum Gasteiger partial charge on any atom is 0.407 e. The van der Waals surface area contributed by atoms with Gasteiger partial charge in [-0.15, -0.1) is 0 Å². The molecule has 4 aromatic rings. The van der Waals surface area contributed by atoms with E-state index in [4.69, 9.17) is 4.74 Å². The van der Waals surface area contributed by atoms with E-state index in [1.165, 1.54) is 24.3 Å². The monoisotopic (exact) mass is 1130 g/mol. The molecule has 0 bridgehead atoms. The highest BCUT2D eigenvalue weighted by atomic mass is 19.4. The van der Waals surface area contributed by atoms with Crippen molar-refractivity contribution < 1.29 is 82.4 Å². The number of halogens is 10. The number of nitrogens with zero attached hydrogens (tertiary/aromatic N) is 7. The summed E-state index contributed by atoms with van der Waals surface area (Å²) in [5.41, 5.74) is -4.62. The molecule has 2 aromatic carbocycles. The van der Waals surface area contributed by atoms with E-state index in [2.05, 4.69) is 51.5 Å². The van der Waals surface area contributed by atoms with Gasteiger partial charge in [0.2, 0.25) is 11.9 Å². The summed E-state index contributed by atoms with van der Waals surface area (Å²) >= 11 is 0. The smallest absolute Gasteiger partial charge is 0.407 e. The molecule has 29 heteroatoms. The summed E-state index contributed by atoms with van der Waals surface area (Å²) in [5.74, 6) is 0.321. The van der Waals surface area contributed by atoms with E-state index in [1.54, 1.807) is 17.7 Å². The Balaban J connectivity index is 1.32. The van der Waals surface area contributed by atoms with Crippen LogP contribution in [0.15, 0.2) is 61.1 Å². The predicted molar refractivity (Wildman–Crippen MR) is 260 cm³/mol. The van der Waals surface area contributed by atoms with E-state index in [0.29, 0.717) is 81.2 Å². The molecule has 4 heterocycles. The van der Waals surface area contributed by atoms with Crippen LogP contribution in [0.4, 0.5) is 59.4 Å². The summed E-state index contributed by atoms with van der Waals surface area (Å²) in [6, 6.07) is 1.89. The number of aliphatic hydroxyl groups excluding tert-OH is 1. The average Bonchev–Trinajstić information content (AvgIpc) is 3.90. The van der Waals surface area contributed by atoms with Crippen molar-refractivity contribution in [2.24, 2.45) is 10.8 Å². The topological polar surface area (TPSA) is 218 Å². The zero-order valence-corrected chi connectivity index (χ0v) is 43.3. The van der Waals surface area contributed by atoms with Gasteiger partial charge in [-0.05, 0) is 70.0 Å². The van der Waals surface area contributed by atoms with Crippen LogP contribution in [0.3, 0.4) is 0 Å². The molecule has 2 aromatic heterocycles. The Bertz CT molecular complexity index is 2810. The van der Waals surface area contributed by atoms with Gasteiger partial charge in [0.15, 0.2) is 0 Å². The fourth-order valence-electron chi connectivity index (χ4n) is 8.19. The van der Waals surface area contributed by atoms with Crippen molar-refractivity contribution in [3.05, 3.63) is 94.9 Å². The first kappa shape index (κ1) is 60.9. The zero-order valence-electron chi connectivity index (χ0n) is 43.3. The second kappa shape index (κ2) is 25.2. The number of nitrogens with one attached hydrogen (secondary N) is 4. The summed E-state index contributed by atoms with van der Waals surface area (Å²) in [7, 11) is 1.59. The number of hydrogen-bond acceptors (Lipinski definition) is 14. The van der Waals surface area contributed by atoms with Crippen LogP contribution in [0.5, 0.6) is 0 Å². The first-order valence-corrected chi connectivity index (χ1v) is 24.2. The number of hydrazine groups is 1. The third-order valence-corrected chi connectivity index (χ3v) is 13.5. The molecule has 0 radical (unpaired) electrons. The largest absolute Gasteiger partial charge is 0.453 e. The lowest BCUT2D eigenvalue weighted by Gasteiger charge is -2.42. The van der Waals surface area contributed by atoms with Crippen LogP contribution in [-0.4, -0.2) is 162 Å². The molecular weight excluding hydrogens is 1070 g/mol. The minimum Gasteiger partial charge on any atom is -0.453 e. The number of carbonyl (C=O) groups excluding carboxylic acids is 4. The first-order chi connectivity index (χ1) is 37.0. The van der Waals surface area contributed by atoms with Gasteiger partial charge >= 0.3 is 31.1 Å². The van der Waals surface area contributed by atoms with Crippen molar-refractivity contribution in [1.29, 1.82) is 0 Å². The molecule has 19 nitrogen and oxygen atoms in total. The van der Waals surface area contributed by atoms with Crippen LogP contribution in [-0.2, 0) is 36.8 Å². The molecule has 79 heavy (non-hydrogen) atoms. The number of aromatic nitrogens is 4. The molecule has 2 aliphatic rings. The van der Waals surface area contributed by atoms with Crippen LogP contribution < -0.4 is 26.3 Å². The number of benzene rings is 2. The van der Waals surface area contributed by atoms with Crippen LogP contribution in [0.1, 0.15) is 56.5 Å². The summed E-state index contributed by atoms with van der Waals surface area (Å²) < 4.78 is 160. The Morgan fingerprint density at radius 3 is 1.80 bits per heavy atom. The number of amides is 4. The average molecular weight is 1130 g/mol. The fourth-order valence-corrected chi connectivity index (χ4v) is 8.19. The Hall–Kier alpha value is -7.29. The maximum absolute atomic E-state index is 16.0. The van der Waals surface area contributed by atoms with Gasteiger partial charge in [0, 0.05) is 74.5 Å². The number of alkyl carbamates (subject to hydrolysis) is 2. The van der Waals surface area contributed by atoms with Gasteiger partial charge in [-0.3, -0.25) is 19.9 Å². The number of piperazine rings is 1. The van der Waals surface area contributed by atoms with E-state index in [1.807, 2.05) is 10.7 Å². The highest BCUT2D eigenvalue weighted by Crippen LogP contribution is 2.42. The summed E-state index contributed by atoms with van der Waals surface area (Å²) in [5, 5.41) is 22.0. The van der Waals surface area contributed by atoms with Crippen molar-refractivity contribution in [3.8, 4) is 23.1 Å². The molecule has 2 aliphatic heterocycles. The fraction of sp³-hybridized carbons (Fsp3) is 0.500. The molecule has 5 N–H and O–H groups in total. The van der Waals surface area contributed by atoms with Gasteiger partial charge in [-0.1, -0.05) is 24.0 Å². The molecule has 430 valence electrons. The number of carbonyl (C=O) groups is 4. The van der Waals surface area contributed by atoms with E-state index in [9.17, 15) is 59.4 Å². The van der Waals surface area contributed by atoms with Gasteiger partial charge < -0.3 is 40.2 Å². The number of rotatable bonds is 19. The second-order valence-electron chi connectivity index (χ2n) is 19.6. The van der Waals surface area contributed by atoms with Crippen LogP contribution in [0, 0.1) is 34.3 Å². The number of aliphatic hydroxyl groups is 1. The van der Waals surface area contributed by atoms with Gasteiger partial charge in [-0.25, -0.2) is 38.0 Å². The predicted octanol–water partition coefficient (Wildman–Crippen LogP) is 5.48. The zero-order chi connectivity index (χ0) is 58.2. The number of anilines is 1. The van der Waals surface area contributed by atoms with Gasteiger partial charge in [0.05, 0.1) is 67.7 Å². The molecule has 0 spiro atoms. The van der Waals surface area contributed by atoms with E-state index >= 15 is 8.78 Å². The third-order valence-electron chi connectivity index (χ3n) is 13.5. The van der Waals surface area contributed by atoms with Crippen LogP contribution in [0.25, 0.3) is 11.3 Å². The number of alkyl halides is 8. The lowest BCUT2D eigenvalue weighted by Crippen LogP contribution is -2.63. The Labute approximate surface area is 446 Å². The summed E-state index contributed by atoms with van der Waals surface area (Å²) in [6.07, 6.45) is -12.1. The third kappa shape index (κ3) is 15.1. The first-order valence-electron chi connectivity index (χ1n) is 24.2. The van der Waals surface area contributed by atoms with Crippen molar-refractivity contribution >= 4 is 29.9 Å². The number of methoxy groups -OCH3 is 2. The molecule has 4 atom stereocenters. The van der Waals surface area contributed by atoms with Crippen molar-refractivity contribution in [2.75, 3.05) is 65.1 Å². The lowest BCUT2D eigenvalue weighted by atomic mass is 9.82. The Morgan fingerprint density at radius 2 is 1.32 bits per heavy atom. The minimum absolute atomic E-state index is 0.195. The standard InChI is InChI=1S/C50H57F10N11O8/c1-47(2,49(55,56)57)39(64-45(75)77-5)41(73)63-37(19-29-10-7-28(8-11-29)9-12-30-22-61-44(62-23-30)69-17-15-68(16-18-69)32-26-79-27-32)38(72)25-70(67-42(74)40(65-46(76)78-6)48(3,4)50(58,59)60)24-33-34(51)20-31(21-35(33)52)36-13-14-71(66-36)43(53)54/h7-8,10-11,13-14,20-23,32,37-40,43,72H,15-19,24-27H2,1-6H3,(H,63,73)(H,64,75)(H,65,76)(H,67,74)/t37-,38-,39+,40+/m0/s1. The maximum atomic E-state index is 16.0. The molecule has 0 saturated carbocycles. The molecule has 4 amide bonds. The van der Waals surface area contributed by atoms with Gasteiger partial charge in [0.1, 0.15) is 23.7 Å². The van der Waals surface area contributed by atoms with Crippen molar-refractivity contribution in [2.45, 2.75) is 89.8 Å². The molecule has 2 saturated heterocycles. The van der Waals surface area contributed by atoms with E-state index < -0.39 is 115 Å². The Kier molecular flexibility index (Phi) is 19.5. The summed E-state index contributed by atoms with van der Waals surface area (Å²) in [4.78, 5) is 66.1. The van der Waals surface area contributed by atoms with Crippen molar-refractivity contribution in [3.63, 3.8) is 0 Å². The molecular formula is C50H57F10N11O8. The highest BCUT2D eigenvalue weighted by Gasteiger charge is 2.57. The van der Waals surface area contributed by atoms with Gasteiger partial charge in [0.25, 0.3) is 5.91 Å². The minimum atomic E-state index is -5.23. The number of hydrogen-bond donors (Lipinski definition) is 5. The summed E-state index contributed by atoms with van der Waals surface area (Å²) in [6.45, 7) is 1.36. The molecule has 6 rings (SSSR count). The lowest BCUT2D eigenvalue weighted by molar-refractivity contribution is -0.221. The van der Waals surface area contributed by atoms with Crippen molar-refractivity contribution in [1.82, 2.24) is 51.0 Å². The van der Waals surface area contributed by atoms with Gasteiger partial charge in [-0.2, -0.15) is 40.2 Å². The van der Waals surface area contributed by atoms with E-state index in [0.717, 1.165) is 52.7 Å². The highest BCUT2D eigenvalue weighted by molar-refractivity contribution is 5.87. The van der Waals surface area contributed by atoms with Crippen LogP contribution in [0.2, 0.25) is 0 Å². The molecule has 0 aliphatic carbocycles. The SMILES string of the molecule is COC(=O)N[C@H](C(=O)N[C@@H](Cc1ccc(C#Cc2cnc(N3CCN(C4COC4)CC3)nc2)cc1)[C@@H](O)CN(Cc1c(F)cc(-c2ccn(C(F)F)n2)cc1F)NC(=O)[C@@H](NC(=O)OC)C(C)(C)C(F)(F)F)C(C)(C)C(F)(F)F. The number of ether oxygens (including phenoxy) is 3. The molecule has 2 fully saturated rings.